The number of ether oxygens (including phenoxy) is 2. The van der Waals surface area contributed by atoms with Gasteiger partial charge in [-0.3, -0.25) is 0 Å². The molecule has 3 aliphatic rings. The second kappa shape index (κ2) is 5.91. The number of fused-ring (bicyclic) bond motifs is 3. The van der Waals surface area contributed by atoms with Gasteiger partial charge in [-0.05, 0) is 53.9 Å². The normalized spacial score (nSPS) is 35.9. The van der Waals surface area contributed by atoms with Crippen molar-refractivity contribution in [3.05, 3.63) is 34.4 Å². The number of allylic oxidation sites excluding steroid dienone is 3. The summed E-state index contributed by atoms with van der Waals surface area (Å²) in [4.78, 5) is 24.9. The fraction of sp³-hybridized carbons (Fsp3) is 0.600. The van der Waals surface area contributed by atoms with Crippen LogP contribution in [0.3, 0.4) is 0 Å². The Bertz CT molecular complexity index is 682. The van der Waals surface area contributed by atoms with Gasteiger partial charge in [-0.1, -0.05) is 28.9 Å². The average Bonchev–Trinajstić information content (AvgIpc) is 2.98. The predicted octanol–water partition coefficient (Wildman–Crippen LogP) is 3.87. The highest BCUT2D eigenvalue weighted by atomic mass is 16.6. The standard InChI is InChI=1S/C20H26O4/c1-6-11(2)18(21)24-20(5)15-10-8-12(3)14-9-7-13(4)16(14)17(15)23-19(20)22/h6-7,15-17H,8-10H2,1-5H3/b11-6-. The van der Waals surface area contributed by atoms with Gasteiger partial charge in [-0.2, -0.15) is 0 Å². The Kier molecular flexibility index (Phi) is 4.18. The summed E-state index contributed by atoms with van der Waals surface area (Å²) in [5, 5.41) is 0. The highest BCUT2D eigenvalue weighted by molar-refractivity contribution is 5.92. The van der Waals surface area contributed by atoms with Crippen LogP contribution in [0.2, 0.25) is 0 Å². The first-order valence-electron chi connectivity index (χ1n) is 8.72. The summed E-state index contributed by atoms with van der Waals surface area (Å²) in [5.74, 6) is -0.818. The molecule has 1 fully saturated rings. The van der Waals surface area contributed by atoms with Gasteiger partial charge in [0, 0.05) is 17.4 Å². The number of carbonyl (C=O) groups excluding carboxylic acids is 2. The van der Waals surface area contributed by atoms with Crippen LogP contribution >= 0.6 is 0 Å². The Morgan fingerprint density at radius 3 is 2.79 bits per heavy atom. The summed E-state index contributed by atoms with van der Waals surface area (Å²) in [7, 11) is 0. The van der Waals surface area contributed by atoms with Gasteiger partial charge in [0.25, 0.3) is 0 Å². The van der Waals surface area contributed by atoms with Gasteiger partial charge in [-0.15, -0.1) is 0 Å². The number of carbonyl (C=O) groups is 2. The minimum atomic E-state index is -1.20. The van der Waals surface area contributed by atoms with Crippen molar-refractivity contribution in [2.24, 2.45) is 11.8 Å². The molecule has 0 saturated carbocycles. The molecule has 0 aromatic heterocycles. The summed E-state index contributed by atoms with van der Waals surface area (Å²) in [5.41, 5.74) is 3.33. The first-order valence-corrected chi connectivity index (χ1v) is 8.72. The monoisotopic (exact) mass is 330 g/mol. The van der Waals surface area contributed by atoms with Gasteiger partial charge in [0.05, 0.1) is 0 Å². The Hall–Kier alpha value is -1.84. The average molecular weight is 330 g/mol. The lowest BCUT2D eigenvalue weighted by atomic mass is 9.78. The Labute approximate surface area is 143 Å². The highest BCUT2D eigenvalue weighted by Crippen LogP contribution is 2.51. The van der Waals surface area contributed by atoms with Crippen molar-refractivity contribution in [2.75, 3.05) is 0 Å². The van der Waals surface area contributed by atoms with Crippen LogP contribution in [-0.4, -0.2) is 23.6 Å². The maximum Gasteiger partial charge on any atom is 0.351 e. The molecule has 0 aromatic rings. The second-order valence-electron chi connectivity index (χ2n) is 7.42. The lowest BCUT2D eigenvalue weighted by molar-refractivity contribution is -0.170. The lowest BCUT2D eigenvalue weighted by Crippen LogP contribution is -2.44. The van der Waals surface area contributed by atoms with Crippen molar-refractivity contribution in [3.63, 3.8) is 0 Å². The second-order valence-corrected chi connectivity index (χ2v) is 7.42. The summed E-state index contributed by atoms with van der Waals surface area (Å²) < 4.78 is 11.5. The maximum atomic E-state index is 12.6. The maximum absolute atomic E-state index is 12.6. The van der Waals surface area contributed by atoms with Crippen LogP contribution in [0, 0.1) is 11.8 Å². The molecule has 0 radical (unpaired) electrons. The van der Waals surface area contributed by atoms with Crippen LogP contribution in [0.4, 0.5) is 0 Å². The molecule has 4 heteroatoms. The number of hydrogen-bond donors (Lipinski definition) is 0. The van der Waals surface area contributed by atoms with E-state index >= 15 is 0 Å². The fourth-order valence-electron chi connectivity index (χ4n) is 4.27. The molecule has 1 aliphatic heterocycles. The minimum Gasteiger partial charge on any atom is -0.458 e. The van der Waals surface area contributed by atoms with E-state index in [0.29, 0.717) is 5.57 Å². The van der Waals surface area contributed by atoms with E-state index in [1.165, 1.54) is 16.7 Å². The molecule has 0 bridgehead atoms. The molecule has 130 valence electrons. The topological polar surface area (TPSA) is 52.6 Å². The molecule has 0 spiro atoms. The van der Waals surface area contributed by atoms with E-state index in [1.54, 1.807) is 26.8 Å². The van der Waals surface area contributed by atoms with Crippen LogP contribution in [-0.2, 0) is 19.1 Å². The lowest BCUT2D eigenvalue weighted by Gasteiger charge is -2.30. The minimum absolute atomic E-state index is 0.113. The van der Waals surface area contributed by atoms with Crippen molar-refractivity contribution in [2.45, 2.75) is 65.6 Å². The molecule has 1 saturated heterocycles. The molecule has 2 aliphatic carbocycles. The SMILES string of the molecule is C/C=C(/C)C(=O)OC1(C)C(=O)OC2C3C(C)=CCC3=C(C)CCC21. The molecule has 0 aromatic carbocycles. The van der Waals surface area contributed by atoms with Crippen molar-refractivity contribution in [1.29, 1.82) is 0 Å². The first-order chi connectivity index (χ1) is 11.3. The largest absolute Gasteiger partial charge is 0.458 e. The molecule has 24 heavy (non-hydrogen) atoms. The van der Waals surface area contributed by atoms with Gasteiger partial charge in [0.15, 0.2) is 0 Å². The van der Waals surface area contributed by atoms with Crippen molar-refractivity contribution in [3.8, 4) is 0 Å². The third-order valence-corrected chi connectivity index (χ3v) is 6.03. The van der Waals surface area contributed by atoms with Crippen molar-refractivity contribution in [1.82, 2.24) is 0 Å². The van der Waals surface area contributed by atoms with Crippen molar-refractivity contribution < 1.29 is 19.1 Å². The van der Waals surface area contributed by atoms with E-state index in [0.717, 1.165) is 19.3 Å². The molecule has 0 N–H and O–H groups in total. The van der Waals surface area contributed by atoms with Gasteiger partial charge in [-0.25, -0.2) is 9.59 Å². The Morgan fingerprint density at radius 2 is 2.12 bits per heavy atom. The molecule has 1 heterocycles. The van der Waals surface area contributed by atoms with Crippen LogP contribution in [0.15, 0.2) is 34.4 Å². The Balaban J connectivity index is 1.95. The van der Waals surface area contributed by atoms with E-state index in [-0.39, 0.29) is 17.9 Å². The van der Waals surface area contributed by atoms with Gasteiger partial charge in [0.2, 0.25) is 5.60 Å². The van der Waals surface area contributed by atoms with Gasteiger partial charge >= 0.3 is 11.9 Å². The third-order valence-electron chi connectivity index (χ3n) is 6.03. The zero-order valence-corrected chi connectivity index (χ0v) is 15.1. The first kappa shape index (κ1) is 17.0. The third kappa shape index (κ3) is 2.43. The van der Waals surface area contributed by atoms with Gasteiger partial charge < -0.3 is 9.47 Å². The van der Waals surface area contributed by atoms with Gasteiger partial charge in [0.1, 0.15) is 6.10 Å². The van der Waals surface area contributed by atoms with E-state index in [1.807, 2.05) is 0 Å². The molecule has 4 atom stereocenters. The molecule has 3 rings (SSSR count). The summed E-state index contributed by atoms with van der Waals surface area (Å²) in [6.07, 6.45) is 6.36. The quantitative estimate of drug-likeness (QED) is 0.438. The molecular weight excluding hydrogens is 304 g/mol. The van der Waals surface area contributed by atoms with E-state index in [9.17, 15) is 9.59 Å². The number of rotatable bonds is 2. The van der Waals surface area contributed by atoms with E-state index in [2.05, 4.69) is 19.9 Å². The smallest absolute Gasteiger partial charge is 0.351 e. The van der Waals surface area contributed by atoms with Crippen LogP contribution < -0.4 is 0 Å². The van der Waals surface area contributed by atoms with E-state index < -0.39 is 17.5 Å². The Morgan fingerprint density at radius 1 is 1.42 bits per heavy atom. The van der Waals surface area contributed by atoms with Crippen LogP contribution in [0.25, 0.3) is 0 Å². The number of esters is 2. The summed E-state index contributed by atoms with van der Waals surface area (Å²) >= 11 is 0. The van der Waals surface area contributed by atoms with Crippen LogP contribution in [0.5, 0.6) is 0 Å². The molecule has 0 amide bonds. The predicted molar refractivity (Wildman–Crippen MR) is 91.1 cm³/mol. The molecular formula is C20H26O4. The van der Waals surface area contributed by atoms with Crippen LogP contribution in [0.1, 0.15) is 53.9 Å². The zero-order valence-electron chi connectivity index (χ0n) is 15.1. The fourth-order valence-corrected chi connectivity index (χ4v) is 4.27. The summed E-state index contributed by atoms with van der Waals surface area (Å²) in [6, 6.07) is 0. The summed E-state index contributed by atoms with van der Waals surface area (Å²) in [6.45, 7) is 9.48. The number of hydrogen-bond acceptors (Lipinski definition) is 4. The van der Waals surface area contributed by atoms with Crippen molar-refractivity contribution >= 4 is 11.9 Å². The van der Waals surface area contributed by atoms with E-state index in [4.69, 9.17) is 9.47 Å². The zero-order chi connectivity index (χ0) is 17.6. The molecule has 4 unspecified atom stereocenters. The molecule has 4 nitrogen and oxygen atoms in total. The highest BCUT2D eigenvalue weighted by Gasteiger charge is 2.60.